The predicted molar refractivity (Wildman–Crippen MR) is 138 cm³/mol. The zero-order valence-electron chi connectivity index (χ0n) is 18.9. The van der Waals surface area contributed by atoms with Gasteiger partial charge in [-0.15, -0.1) is 12.4 Å². The van der Waals surface area contributed by atoms with Crippen LogP contribution < -0.4 is 15.5 Å². The van der Waals surface area contributed by atoms with Crippen LogP contribution in [-0.4, -0.2) is 34.8 Å². The number of fused-ring (bicyclic) bond motifs is 1. The van der Waals surface area contributed by atoms with Crippen molar-refractivity contribution in [2.45, 2.75) is 51.7 Å². The number of hydrogen-bond donors (Lipinski definition) is 3. The van der Waals surface area contributed by atoms with Crippen LogP contribution in [0.5, 0.6) is 5.75 Å². The maximum atomic E-state index is 10.1. The molecule has 1 fully saturated rings. The Morgan fingerprint density at radius 1 is 1.06 bits per heavy atom. The molecule has 5 nitrogen and oxygen atoms in total. The maximum absolute atomic E-state index is 10.1. The van der Waals surface area contributed by atoms with E-state index in [9.17, 15) is 5.11 Å². The number of nitrogens with zero attached hydrogens (tertiary/aromatic N) is 2. The van der Waals surface area contributed by atoms with E-state index in [4.69, 9.17) is 16.6 Å². The minimum atomic E-state index is 0. The summed E-state index contributed by atoms with van der Waals surface area (Å²) in [5.41, 5.74) is 3.27. The van der Waals surface area contributed by atoms with Crippen LogP contribution >= 0.6 is 24.0 Å². The smallest absolute Gasteiger partial charge is 0.129 e. The summed E-state index contributed by atoms with van der Waals surface area (Å²) in [4.78, 5) is 7.20. The van der Waals surface area contributed by atoms with Gasteiger partial charge >= 0.3 is 0 Å². The molecule has 1 aliphatic rings. The molecule has 172 valence electrons. The molecule has 1 aromatic heterocycles. The molecule has 0 radical (unpaired) electrons. The lowest BCUT2D eigenvalue weighted by Gasteiger charge is -2.37. The van der Waals surface area contributed by atoms with Crippen LogP contribution in [0, 0.1) is 0 Å². The van der Waals surface area contributed by atoms with Gasteiger partial charge < -0.3 is 20.6 Å². The minimum absolute atomic E-state index is 0. The SMILES string of the molecule is CC(C)(C)NC1CCN(c2cc(NCc3ccc(Cl)cc3)nc3ccc(O)cc23)CC1.Cl. The maximum Gasteiger partial charge on any atom is 0.129 e. The third-order valence-corrected chi connectivity index (χ3v) is 5.88. The first-order valence-corrected chi connectivity index (χ1v) is 11.3. The Morgan fingerprint density at radius 3 is 2.41 bits per heavy atom. The summed E-state index contributed by atoms with van der Waals surface area (Å²) in [5, 5.41) is 19.0. The number of piperidine rings is 1. The molecule has 0 bridgehead atoms. The fourth-order valence-electron chi connectivity index (χ4n) is 4.22. The Morgan fingerprint density at radius 2 is 1.75 bits per heavy atom. The van der Waals surface area contributed by atoms with Crippen molar-refractivity contribution >= 4 is 46.4 Å². The number of pyridine rings is 1. The number of phenolic OH excluding ortho intramolecular Hbond substituents is 1. The van der Waals surface area contributed by atoms with Crippen molar-refractivity contribution in [1.82, 2.24) is 10.3 Å². The molecule has 0 spiro atoms. The van der Waals surface area contributed by atoms with Crippen molar-refractivity contribution in [3.05, 3.63) is 59.1 Å². The molecule has 1 saturated heterocycles. The van der Waals surface area contributed by atoms with Crippen molar-refractivity contribution in [2.24, 2.45) is 0 Å². The Balaban J connectivity index is 0.00000289. The fraction of sp³-hybridized carbons (Fsp3) is 0.400. The van der Waals surface area contributed by atoms with E-state index in [1.54, 1.807) is 6.07 Å². The monoisotopic (exact) mass is 474 g/mol. The summed E-state index contributed by atoms with van der Waals surface area (Å²) in [7, 11) is 0. The Kier molecular flexibility index (Phi) is 7.75. The lowest BCUT2D eigenvalue weighted by atomic mass is 9.99. The average Bonchev–Trinajstić information content (AvgIpc) is 2.72. The highest BCUT2D eigenvalue weighted by Crippen LogP contribution is 2.33. The van der Waals surface area contributed by atoms with Gasteiger partial charge in [-0.3, -0.25) is 0 Å². The lowest BCUT2D eigenvalue weighted by Crippen LogP contribution is -2.49. The highest BCUT2D eigenvalue weighted by atomic mass is 35.5. The number of phenols is 1. The van der Waals surface area contributed by atoms with Crippen LogP contribution in [-0.2, 0) is 6.54 Å². The first kappa shape index (κ1) is 24.4. The standard InChI is InChI=1S/C25H31ClN4O.ClH/c1-25(2,3)29-19-10-12-30(13-11-19)23-15-24(27-16-17-4-6-18(26)7-5-17)28-22-9-8-20(31)14-21(22)23;/h4-9,14-15,19,29,31H,10-13,16H2,1-3H3,(H,27,28);1H. The minimum Gasteiger partial charge on any atom is -0.508 e. The normalized spacial score (nSPS) is 14.9. The van der Waals surface area contributed by atoms with E-state index in [0.717, 1.165) is 58.9 Å². The van der Waals surface area contributed by atoms with Crippen molar-refractivity contribution in [2.75, 3.05) is 23.3 Å². The molecule has 0 amide bonds. The zero-order chi connectivity index (χ0) is 22.0. The van der Waals surface area contributed by atoms with Gasteiger partial charge in [0.25, 0.3) is 0 Å². The van der Waals surface area contributed by atoms with Crippen LogP contribution in [0.2, 0.25) is 5.02 Å². The van der Waals surface area contributed by atoms with Crippen LogP contribution in [0.25, 0.3) is 10.9 Å². The number of aromatic hydroxyl groups is 1. The van der Waals surface area contributed by atoms with Gasteiger partial charge in [0.1, 0.15) is 11.6 Å². The molecule has 2 aromatic carbocycles. The Labute approximate surface area is 201 Å². The van der Waals surface area contributed by atoms with E-state index in [1.165, 1.54) is 0 Å². The van der Waals surface area contributed by atoms with E-state index in [-0.39, 0.29) is 23.7 Å². The van der Waals surface area contributed by atoms with Gasteiger partial charge in [0, 0.05) is 53.4 Å². The van der Waals surface area contributed by atoms with Crippen LogP contribution in [0.4, 0.5) is 11.5 Å². The second kappa shape index (κ2) is 10.2. The van der Waals surface area contributed by atoms with Gasteiger partial charge in [-0.1, -0.05) is 23.7 Å². The number of anilines is 2. The summed E-state index contributed by atoms with van der Waals surface area (Å²) in [6, 6.07) is 15.9. The molecule has 0 unspecified atom stereocenters. The van der Waals surface area contributed by atoms with E-state index < -0.39 is 0 Å². The first-order valence-electron chi connectivity index (χ1n) is 10.9. The van der Waals surface area contributed by atoms with Crippen LogP contribution in [0.3, 0.4) is 0 Å². The Hall–Kier alpha value is -2.21. The van der Waals surface area contributed by atoms with Gasteiger partial charge in [0.2, 0.25) is 0 Å². The third kappa shape index (κ3) is 6.18. The summed E-state index contributed by atoms with van der Waals surface area (Å²) in [6.07, 6.45) is 2.18. The van der Waals surface area contributed by atoms with E-state index in [1.807, 2.05) is 36.4 Å². The van der Waals surface area contributed by atoms with E-state index >= 15 is 0 Å². The lowest BCUT2D eigenvalue weighted by molar-refractivity contribution is 0.317. The van der Waals surface area contributed by atoms with Gasteiger partial charge in [-0.2, -0.15) is 0 Å². The molecule has 4 rings (SSSR count). The van der Waals surface area contributed by atoms with Gasteiger partial charge in [-0.05, 0) is 69.5 Å². The fourth-order valence-corrected chi connectivity index (χ4v) is 4.35. The number of nitrogens with one attached hydrogen (secondary N) is 2. The summed E-state index contributed by atoms with van der Waals surface area (Å²) < 4.78 is 0. The molecular formula is C25H32Cl2N4O. The molecule has 3 aromatic rings. The molecule has 0 saturated carbocycles. The molecule has 32 heavy (non-hydrogen) atoms. The predicted octanol–water partition coefficient (Wildman–Crippen LogP) is 5.98. The third-order valence-electron chi connectivity index (χ3n) is 5.63. The highest BCUT2D eigenvalue weighted by molar-refractivity contribution is 6.30. The number of rotatable bonds is 5. The molecule has 1 aliphatic heterocycles. The molecule has 2 heterocycles. The van der Waals surface area contributed by atoms with Crippen molar-refractivity contribution in [3.63, 3.8) is 0 Å². The number of benzene rings is 2. The first-order chi connectivity index (χ1) is 14.8. The quantitative estimate of drug-likeness (QED) is 0.424. The topological polar surface area (TPSA) is 60.4 Å². The Bertz CT molecular complexity index is 1040. The average molecular weight is 475 g/mol. The second-order valence-corrected chi connectivity index (χ2v) is 9.80. The van der Waals surface area contributed by atoms with Gasteiger partial charge in [-0.25, -0.2) is 4.98 Å². The summed E-state index contributed by atoms with van der Waals surface area (Å²) in [5.74, 6) is 1.10. The number of halogens is 2. The summed E-state index contributed by atoms with van der Waals surface area (Å²) >= 11 is 6.00. The molecule has 3 N–H and O–H groups in total. The van der Waals surface area contributed by atoms with Gasteiger partial charge in [0.15, 0.2) is 0 Å². The molecule has 0 aliphatic carbocycles. The second-order valence-electron chi connectivity index (χ2n) is 9.36. The van der Waals surface area contributed by atoms with Crippen molar-refractivity contribution in [3.8, 4) is 5.75 Å². The molecular weight excluding hydrogens is 443 g/mol. The number of hydrogen-bond acceptors (Lipinski definition) is 5. The van der Waals surface area contributed by atoms with Crippen LogP contribution in [0.15, 0.2) is 48.5 Å². The number of aromatic nitrogens is 1. The summed E-state index contributed by atoms with van der Waals surface area (Å²) in [6.45, 7) is 9.27. The molecule has 0 atom stereocenters. The van der Waals surface area contributed by atoms with Crippen LogP contribution in [0.1, 0.15) is 39.2 Å². The van der Waals surface area contributed by atoms with E-state index in [0.29, 0.717) is 12.6 Å². The largest absolute Gasteiger partial charge is 0.508 e. The van der Waals surface area contributed by atoms with Crippen molar-refractivity contribution < 1.29 is 5.11 Å². The highest BCUT2D eigenvalue weighted by Gasteiger charge is 2.24. The molecule has 7 heteroatoms. The van der Waals surface area contributed by atoms with Crippen molar-refractivity contribution in [1.29, 1.82) is 0 Å². The van der Waals surface area contributed by atoms with Gasteiger partial charge in [0.05, 0.1) is 5.52 Å². The van der Waals surface area contributed by atoms with E-state index in [2.05, 4.69) is 42.4 Å². The zero-order valence-corrected chi connectivity index (χ0v) is 20.4.